The molecule has 9 nitrogen and oxygen atoms in total. The molecule has 0 aliphatic carbocycles. The summed E-state index contributed by atoms with van der Waals surface area (Å²) in [6.07, 6.45) is 0. The molecule has 0 radical (unpaired) electrons. The lowest BCUT2D eigenvalue weighted by Gasteiger charge is -2.12. The second-order valence-electron chi connectivity index (χ2n) is 6.14. The van der Waals surface area contributed by atoms with E-state index in [-0.39, 0.29) is 33.5 Å². The van der Waals surface area contributed by atoms with Crippen LogP contribution >= 0.6 is 11.6 Å². The lowest BCUT2D eigenvalue weighted by atomic mass is 10.2. The van der Waals surface area contributed by atoms with Gasteiger partial charge in [-0.2, -0.15) is 0 Å². The Morgan fingerprint density at radius 3 is 2.20 bits per heavy atom. The summed E-state index contributed by atoms with van der Waals surface area (Å²) in [5.74, 6) is -0.369. The summed E-state index contributed by atoms with van der Waals surface area (Å²) in [6, 6.07) is 9.44. The zero-order valence-corrected chi connectivity index (χ0v) is 18.8. The van der Waals surface area contributed by atoms with Gasteiger partial charge in [-0.15, -0.1) is 0 Å². The van der Waals surface area contributed by atoms with Gasteiger partial charge in [0, 0.05) is 20.6 Å². The lowest BCUT2D eigenvalue weighted by Crippen LogP contribution is -2.28. The topological polar surface area (TPSA) is 119 Å². The zero-order valence-electron chi connectivity index (χ0n) is 16.5. The van der Waals surface area contributed by atoms with Crippen molar-refractivity contribution < 1.29 is 31.1 Å². The van der Waals surface area contributed by atoms with Gasteiger partial charge in [-0.3, -0.25) is 0 Å². The molecule has 0 bridgehead atoms. The lowest BCUT2D eigenvalue weighted by molar-refractivity contribution is 0.0600. The molecule has 1 N–H and O–H groups in total. The Balaban J connectivity index is 1.98. The molecule has 2 aromatic carbocycles. The van der Waals surface area contributed by atoms with E-state index in [1.54, 1.807) is 0 Å². The van der Waals surface area contributed by atoms with E-state index in [2.05, 4.69) is 9.46 Å². The monoisotopic (exact) mass is 476 g/mol. The molecular formula is C18H21ClN2O7S2. The third kappa shape index (κ3) is 5.70. The average Bonchev–Trinajstić information content (AvgIpc) is 2.71. The van der Waals surface area contributed by atoms with Crippen LogP contribution in [0.25, 0.3) is 0 Å². The van der Waals surface area contributed by atoms with Crippen LogP contribution < -0.4 is 9.46 Å². The number of nitrogens with zero attached hydrogens (tertiary/aromatic N) is 1. The third-order valence-electron chi connectivity index (χ3n) is 3.92. The molecule has 30 heavy (non-hydrogen) atoms. The Hall–Kier alpha value is -2.18. The number of carbonyl (C=O) groups excluding carboxylic acids is 1. The van der Waals surface area contributed by atoms with Gasteiger partial charge >= 0.3 is 5.97 Å². The maximum atomic E-state index is 12.4. The van der Waals surface area contributed by atoms with Crippen molar-refractivity contribution in [2.75, 3.05) is 34.4 Å². The second-order valence-corrected chi connectivity index (χ2v) is 10.5. The molecule has 2 aromatic rings. The van der Waals surface area contributed by atoms with Crippen LogP contribution in [0, 0.1) is 0 Å². The summed E-state index contributed by atoms with van der Waals surface area (Å²) >= 11 is 5.89. The van der Waals surface area contributed by atoms with Gasteiger partial charge < -0.3 is 9.47 Å². The first kappa shape index (κ1) is 24.1. The first-order chi connectivity index (χ1) is 14.0. The Morgan fingerprint density at radius 2 is 1.63 bits per heavy atom. The van der Waals surface area contributed by atoms with E-state index in [0.717, 1.165) is 17.5 Å². The normalized spacial score (nSPS) is 12.0. The highest BCUT2D eigenvalue weighted by Gasteiger charge is 2.19. The van der Waals surface area contributed by atoms with Crippen molar-refractivity contribution in [3.8, 4) is 5.75 Å². The SMILES string of the molecule is COC(=O)c1cc(S(=O)(=O)NCCOc2ccc(S(=O)(=O)N(C)C)cc2)ccc1Cl. The Labute approximate surface area is 180 Å². The number of nitrogens with one attached hydrogen (secondary N) is 1. The van der Waals surface area contributed by atoms with E-state index in [4.69, 9.17) is 16.3 Å². The van der Waals surface area contributed by atoms with Gasteiger partial charge in [0.2, 0.25) is 20.0 Å². The molecule has 164 valence electrons. The van der Waals surface area contributed by atoms with Gasteiger partial charge in [-0.1, -0.05) is 11.6 Å². The largest absolute Gasteiger partial charge is 0.492 e. The predicted molar refractivity (Wildman–Crippen MR) is 111 cm³/mol. The highest BCUT2D eigenvalue weighted by molar-refractivity contribution is 7.89. The summed E-state index contributed by atoms with van der Waals surface area (Å²) in [7, 11) is -3.43. The number of sulfonamides is 2. The maximum absolute atomic E-state index is 12.4. The van der Waals surface area contributed by atoms with Gasteiger partial charge in [-0.05, 0) is 42.5 Å². The highest BCUT2D eigenvalue weighted by atomic mass is 35.5. The van der Waals surface area contributed by atoms with E-state index in [1.165, 1.54) is 50.5 Å². The minimum absolute atomic E-state index is 0.00352. The van der Waals surface area contributed by atoms with Gasteiger partial charge in [0.15, 0.2) is 0 Å². The van der Waals surface area contributed by atoms with Crippen LogP contribution in [0.3, 0.4) is 0 Å². The molecule has 0 aromatic heterocycles. The van der Waals surface area contributed by atoms with E-state index in [1.807, 2.05) is 0 Å². The van der Waals surface area contributed by atoms with E-state index in [0.29, 0.717) is 5.75 Å². The Bertz CT molecular complexity index is 1120. The zero-order chi connectivity index (χ0) is 22.5. The Morgan fingerprint density at radius 1 is 1.03 bits per heavy atom. The van der Waals surface area contributed by atoms with Crippen molar-refractivity contribution in [2.45, 2.75) is 9.79 Å². The Kier molecular flexibility index (Phi) is 7.83. The number of esters is 1. The quantitative estimate of drug-likeness (QED) is 0.432. The molecule has 0 heterocycles. The molecule has 12 heteroatoms. The van der Waals surface area contributed by atoms with Crippen molar-refractivity contribution in [3.05, 3.63) is 53.1 Å². The van der Waals surface area contributed by atoms with Crippen molar-refractivity contribution in [1.82, 2.24) is 9.03 Å². The molecule has 0 unspecified atom stereocenters. The number of rotatable bonds is 9. The number of ether oxygens (including phenoxy) is 2. The van der Waals surface area contributed by atoms with Gasteiger partial charge in [0.1, 0.15) is 12.4 Å². The molecule has 0 aliphatic rings. The standard InChI is InChI=1S/C18H21ClN2O7S2/c1-21(2)30(25,26)14-6-4-13(5-7-14)28-11-10-20-29(23,24)15-8-9-17(19)16(12-15)18(22)27-3/h4-9,12,20H,10-11H2,1-3H3. The number of methoxy groups -OCH3 is 1. The summed E-state index contributed by atoms with van der Waals surface area (Å²) in [6.45, 7) is -0.0628. The second kappa shape index (κ2) is 9.75. The molecule has 2 rings (SSSR count). The smallest absolute Gasteiger partial charge is 0.339 e. The molecular weight excluding hydrogens is 456 g/mol. The molecule has 0 atom stereocenters. The molecule has 0 fully saturated rings. The van der Waals surface area contributed by atoms with Crippen LogP contribution in [0.1, 0.15) is 10.4 Å². The summed E-state index contributed by atoms with van der Waals surface area (Å²) in [5, 5.41) is 0.0730. The summed E-state index contributed by atoms with van der Waals surface area (Å²) < 4.78 is 62.3. The van der Waals surface area contributed by atoms with E-state index in [9.17, 15) is 21.6 Å². The van der Waals surface area contributed by atoms with Crippen LogP contribution in [0.4, 0.5) is 0 Å². The molecule has 0 saturated carbocycles. The van der Waals surface area contributed by atoms with Crippen molar-refractivity contribution >= 4 is 37.6 Å². The highest BCUT2D eigenvalue weighted by Crippen LogP contribution is 2.21. The fourth-order valence-electron chi connectivity index (χ4n) is 2.28. The fourth-order valence-corrected chi connectivity index (χ4v) is 4.42. The van der Waals surface area contributed by atoms with Crippen molar-refractivity contribution in [2.24, 2.45) is 0 Å². The number of halogens is 1. The van der Waals surface area contributed by atoms with Gasteiger partial charge in [0.05, 0.1) is 27.5 Å². The minimum Gasteiger partial charge on any atom is -0.492 e. The number of benzene rings is 2. The summed E-state index contributed by atoms with van der Waals surface area (Å²) in [5.41, 5.74) is -0.0638. The average molecular weight is 477 g/mol. The van der Waals surface area contributed by atoms with Gasteiger partial charge in [-0.25, -0.2) is 30.7 Å². The van der Waals surface area contributed by atoms with Crippen LogP contribution in [-0.4, -0.2) is 61.5 Å². The minimum atomic E-state index is -3.91. The van der Waals surface area contributed by atoms with Crippen LogP contribution in [0.2, 0.25) is 5.02 Å². The molecule has 0 aliphatic heterocycles. The van der Waals surface area contributed by atoms with Crippen molar-refractivity contribution in [1.29, 1.82) is 0 Å². The predicted octanol–water partition coefficient (Wildman–Crippen LogP) is 1.73. The van der Waals surface area contributed by atoms with Crippen molar-refractivity contribution in [3.63, 3.8) is 0 Å². The molecule has 0 spiro atoms. The van der Waals surface area contributed by atoms with Gasteiger partial charge in [0.25, 0.3) is 0 Å². The molecule has 0 amide bonds. The number of hydrogen-bond donors (Lipinski definition) is 1. The van der Waals surface area contributed by atoms with Crippen LogP contribution in [0.15, 0.2) is 52.3 Å². The molecule has 0 saturated heterocycles. The number of hydrogen-bond acceptors (Lipinski definition) is 7. The number of carbonyl (C=O) groups is 1. The van der Waals surface area contributed by atoms with E-state index < -0.39 is 26.0 Å². The maximum Gasteiger partial charge on any atom is 0.339 e. The van der Waals surface area contributed by atoms with Crippen LogP contribution in [0.5, 0.6) is 5.75 Å². The van der Waals surface area contributed by atoms with E-state index >= 15 is 0 Å². The first-order valence-corrected chi connectivity index (χ1v) is 11.8. The summed E-state index contributed by atoms with van der Waals surface area (Å²) in [4.78, 5) is 11.6. The first-order valence-electron chi connectivity index (χ1n) is 8.52. The fraction of sp³-hybridized carbons (Fsp3) is 0.278. The third-order valence-corrected chi connectivity index (χ3v) is 7.54. The van der Waals surface area contributed by atoms with Crippen LogP contribution in [-0.2, 0) is 24.8 Å².